The molecule has 0 bridgehead atoms. The van der Waals surface area contributed by atoms with E-state index in [2.05, 4.69) is 4.37 Å². The molecule has 0 amide bonds. The number of epoxide rings is 1. The van der Waals surface area contributed by atoms with Crippen molar-refractivity contribution in [2.24, 2.45) is 0 Å². The fourth-order valence-corrected chi connectivity index (χ4v) is 1.19. The van der Waals surface area contributed by atoms with Gasteiger partial charge in [-0.2, -0.15) is 0 Å². The monoisotopic (exact) mass is 127 g/mol. The third-order valence-electron chi connectivity index (χ3n) is 1.16. The minimum atomic E-state index is 0.383. The number of nitrogens with zero attached hydrogens (tertiary/aromatic N) is 1. The zero-order valence-electron chi connectivity index (χ0n) is 4.20. The fourth-order valence-electron chi connectivity index (χ4n) is 0.613. The van der Waals surface area contributed by atoms with E-state index in [4.69, 9.17) is 4.74 Å². The van der Waals surface area contributed by atoms with Crippen molar-refractivity contribution < 1.29 is 4.74 Å². The van der Waals surface area contributed by atoms with E-state index in [0.29, 0.717) is 6.10 Å². The Bertz CT molecular complexity index is 169. The van der Waals surface area contributed by atoms with Crippen LogP contribution in [0.15, 0.2) is 11.6 Å². The number of hydrogen-bond donors (Lipinski definition) is 0. The minimum Gasteiger partial charge on any atom is -0.368 e. The second-order valence-electron chi connectivity index (χ2n) is 1.78. The molecule has 1 aliphatic rings. The summed E-state index contributed by atoms with van der Waals surface area (Å²) in [7, 11) is 0. The predicted octanol–water partition coefficient (Wildman–Crippen LogP) is 1.21. The molecule has 0 aliphatic carbocycles. The molecule has 0 N–H and O–H groups in total. The van der Waals surface area contributed by atoms with Crippen LogP contribution in [0.1, 0.15) is 11.7 Å². The Balaban J connectivity index is 2.28. The molecule has 1 aromatic rings. The molecule has 3 heteroatoms. The largest absolute Gasteiger partial charge is 0.368 e. The molecular weight excluding hydrogens is 122 g/mol. The topological polar surface area (TPSA) is 25.4 Å². The van der Waals surface area contributed by atoms with Crippen molar-refractivity contribution in [3.05, 3.63) is 17.1 Å². The third kappa shape index (κ3) is 0.638. The average Bonchev–Trinajstić information content (AvgIpc) is 2.49. The van der Waals surface area contributed by atoms with Crippen molar-refractivity contribution in [3.63, 3.8) is 0 Å². The van der Waals surface area contributed by atoms with Gasteiger partial charge in [-0.25, -0.2) is 4.37 Å². The SMILES string of the molecule is c1nscc1C1CO1. The molecule has 0 saturated carbocycles. The van der Waals surface area contributed by atoms with E-state index in [1.165, 1.54) is 17.1 Å². The fraction of sp³-hybridized carbons (Fsp3) is 0.400. The summed E-state index contributed by atoms with van der Waals surface area (Å²) in [6.45, 7) is 0.887. The summed E-state index contributed by atoms with van der Waals surface area (Å²) < 4.78 is 8.96. The van der Waals surface area contributed by atoms with Crippen LogP contribution in [-0.4, -0.2) is 11.0 Å². The van der Waals surface area contributed by atoms with Gasteiger partial charge in [-0.15, -0.1) is 0 Å². The van der Waals surface area contributed by atoms with Crippen molar-refractivity contribution in [3.8, 4) is 0 Å². The molecule has 2 heterocycles. The highest BCUT2D eigenvalue weighted by Gasteiger charge is 2.24. The molecule has 0 spiro atoms. The lowest BCUT2D eigenvalue weighted by Gasteiger charge is -1.77. The number of ether oxygens (including phenoxy) is 1. The van der Waals surface area contributed by atoms with E-state index >= 15 is 0 Å². The number of rotatable bonds is 1. The van der Waals surface area contributed by atoms with Gasteiger partial charge in [-0.05, 0) is 11.5 Å². The van der Waals surface area contributed by atoms with Crippen molar-refractivity contribution in [1.29, 1.82) is 0 Å². The van der Waals surface area contributed by atoms with Crippen LogP contribution in [0.5, 0.6) is 0 Å². The van der Waals surface area contributed by atoms with E-state index in [1.807, 2.05) is 11.6 Å². The highest BCUT2D eigenvalue weighted by Crippen LogP contribution is 2.29. The van der Waals surface area contributed by atoms with Crippen LogP contribution in [0.25, 0.3) is 0 Å². The molecule has 0 aromatic carbocycles. The van der Waals surface area contributed by atoms with E-state index in [9.17, 15) is 0 Å². The van der Waals surface area contributed by atoms with Gasteiger partial charge >= 0.3 is 0 Å². The van der Waals surface area contributed by atoms with E-state index in [1.54, 1.807) is 0 Å². The van der Waals surface area contributed by atoms with E-state index in [0.717, 1.165) is 6.61 Å². The summed E-state index contributed by atoms with van der Waals surface area (Å²) in [5.41, 5.74) is 1.23. The lowest BCUT2D eigenvalue weighted by Crippen LogP contribution is -1.69. The second kappa shape index (κ2) is 1.53. The maximum atomic E-state index is 5.02. The van der Waals surface area contributed by atoms with Gasteiger partial charge in [0.05, 0.1) is 6.61 Å². The van der Waals surface area contributed by atoms with Crippen molar-refractivity contribution in [1.82, 2.24) is 4.37 Å². The van der Waals surface area contributed by atoms with Gasteiger partial charge in [0.25, 0.3) is 0 Å². The quantitative estimate of drug-likeness (QED) is 0.530. The van der Waals surface area contributed by atoms with Crippen LogP contribution < -0.4 is 0 Å². The lowest BCUT2D eigenvalue weighted by molar-refractivity contribution is 0.416. The van der Waals surface area contributed by atoms with Crippen molar-refractivity contribution in [2.75, 3.05) is 6.61 Å². The minimum absolute atomic E-state index is 0.383. The average molecular weight is 127 g/mol. The molecule has 0 radical (unpaired) electrons. The van der Waals surface area contributed by atoms with Gasteiger partial charge in [0.2, 0.25) is 0 Å². The third-order valence-corrected chi connectivity index (χ3v) is 1.76. The van der Waals surface area contributed by atoms with Crippen LogP contribution in [0.3, 0.4) is 0 Å². The summed E-state index contributed by atoms with van der Waals surface area (Å²) in [5, 5.41) is 2.03. The van der Waals surface area contributed by atoms with Crippen LogP contribution in [0.2, 0.25) is 0 Å². The zero-order valence-corrected chi connectivity index (χ0v) is 5.02. The first-order valence-corrected chi connectivity index (χ1v) is 3.31. The molecule has 1 saturated heterocycles. The Hall–Kier alpha value is -0.410. The first kappa shape index (κ1) is 4.47. The second-order valence-corrected chi connectivity index (χ2v) is 2.44. The van der Waals surface area contributed by atoms with E-state index < -0.39 is 0 Å². The maximum absolute atomic E-state index is 5.02. The Morgan fingerprint density at radius 1 is 1.88 bits per heavy atom. The summed E-state index contributed by atoms with van der Waals surface area (Å²) in [6, 6.07) is 0. The number of hydrogen-bond acceptors (Lipinski definition) is 3. The summed E-state index contributed by atoms with van der Waals surface area (Å²) in [4.78, 5) is 0. The van der Waals surface area contributed by atoms with Gasteiger partial charge in [0.1, 0.15) is 6.10 Å². The van der Waals surface area contributed by atoms with Gasteiger partial charge < -0.3 is 4.74 Å². The Kier molecular flexibility index (Phi) is 0.856. The summed E-state index contributed by atoms with van der Waals surface area (Å²) >= 11 is 1.48. The smallest absolute Gasteiger partial charge is 0.108 e. The molecule has 1 aromatic heterocycles. The molecule has 2 nitrogen and oxygen atoms in total. The van der Waals surface area contributed by atoms with Crippen LogP contribution >= 0.6 is 11.5 Å². The van der Waals surface area contributed by atoms with E-state index in [-0.39, 0.29) is 0 Å². The van der Waals surface area contributed by atoms with Crippen molar-refractivity contribution >= 4 is 11.5 Å². The molecule has 42 valence electrons. The molecular formula is C5H5NOS. The Morgan fingerprint density at radius 2 is 2.75 bits per heavy atom. The lowest BCUT2D eigenvalue weighted by atomic mass is 10.3. The molecule has 1 atom stereocenters. The Morgan fingerprint density at radius 3 is 3.25 bits per heavy atom. The normalized spacial score (nSPS) is 25.8. The first-order chi connectivity index (χ1) is 3.97. The molecule has 2 rings (SSSR count). The zero-order chi connectivity index (χ0) is 5.40. The van der Waals surface area contributed by atoms with Crippen LogP contribution in [0.4, 0.5) is 0 Å². The first-order valence-electron chi connectivity index (χ1n) is 2.48. The van der Waals surface area contributed by atoms with Gasteiger partial charge in [0.15, 0.2) is 0 Å². The van der Waals surface area contributed by atoms with Crippen molar-refractivity contribution in [2.45, 2.75) is 6.10 Å². The summed E-state index contributed by atoms with van der Waals surface area (Å²) in [5.74, 6) is 0. The molecule has 1 fully saturated rings. The summed E-state index contributed by atoms with van der Waals surface area (Å²) in [6.07, 6.45) is 2.25. The molecule has 8 heavy (non-hydrogen) atoms. The van der Waals surface area contributed by atoms with Gasteiger partial charge in [-0.3, -0.25) is 0 Å². The van der Waals surface area contributed by atoms with Gasteiger partial charge in [-0.1, -0.05) is 0 Å². The Labute approximate surface area is 51.3 Å². The highest BCUT2D eigenvalue weighted by atomic mass is 32.1. The van der Waals surface area contributed by atoms with Gasteiger partial charge in [0, 0.05) is 17.1 Å². The van der Waals surface area contributed by atoms with Crippen LogP contribution in [-0.2, 0) is 4.74 Å². The van der Waals surface area contributed by atoms with Crippen LogP contribution in [0, 0.1) is 0 Å². The standard InChI is InChI=1S/C5H5NOS/c1-4(3-8-6-1)5-2-7-5/h1,3,5H,2H2. The molecule has 1 unspecified atom stereocenters. The number of aromatic nitrogens is 1. The highest BCUT2D eigenvalue weighted by molar-refractivity contribution is 7.03. The maximum Gasteiger partial charge on any atom is 0.108 e. The predicted molar refractivity (Wildman–Crippen MR) is 30.8 cm³/mol. The molecule has 1 aliphatic heterocycles.